The Morgan fingerprint density at radius 1 is 1.41 bits per heavy atom. The van der Waals surface area contributed by atoms with Crippen LogP contribution in [0.2, 0.25) is 0 Å². The third kappa shape index (κ3) is 4.66. The zero-order valence-corrected chi connectivity index (χ0v) is 12.7. The number of nitrogens with one attached hydrogen (secondary N) is 1. The Hall–Kier alpha value is -1.69. The number of hydrogen-bond acceptors (Lipinski definition) is 3. The van der Waals surface area contributed by atoms with E-state index < -0.39 is 6.61 Å². The molecule has 0 aliphatic carbocycles. The lowest BCUT2D eigenvalue weighted by atomic mass is 9.96. The first kappa shape index (κ1) is 16.7. The van der Waals surface area contributed by atoms with Crippen LogP contribution >= 0.6 is 0 Å². The molecule has 0 unspecified atom stereocenters. The van der Waals surface area contributed by atoms with Gasteiger partial charge in [0.2, 0.25) is 0 Å². The second-order valence-electron chi connectivity index (χ2n) is 5.45. The van der Waals surface area contributed by atoms with E-state index in [1.165, 1.54) is 12.1 Å². The molecule has 4 nitrogen and oxygen atoms in total. The highest BCUT2D eigenvalue weighted by atomic mass is 19.3. The fourth-order valence-corrected chi connectivity index (χ4v) is 2.68. The normalized spacial score (nSPS) is 16.1. The number of hydrogen-bond donors (Lipinski definition) is 1. The Labute approximate surface area is 129 Å². The molecule has 1 aromatic carbocycles. The summed E-state index contributed by atoms with van der Waals surface area (Å²) >= 11 is 0. The minimum absolute atomic E-state index is 0.0166. The van der Waals surface area contributed by atoms with E-state index in [4.69, 9.17) is 0 Å². The van der Waals surface area contributed by atoms with Crippen molar-refractivity contribution in [1.29, 1.82) is 0 Å². The zero-order valence-electron chi connectivity index (χ0n) is 12.7. The van der Waals surface area contributed by atoms with Crippen LogP contribution in [0.25, 0.3) is 0 Å². The van der Waals surface area contributed by atoms with Gasteiger partial charge < -0.3 is 15.0 Å². The van der Waals surface area contributed by atoms with Gasteiger partial charge >= 0.3 is 6.61 Å². The summed E-state index contributed by atoms with van der Waals surface area (Å²) in [5.74, 6) is 0.488. The van der Waals surface area contributed by atoms with Crippen LogP contribution in [0, 0.1) is 5.92 Å². The molecule has 0 atom stereocenters. The summed E-state index contributed by atoms with van der Waals surface area (Å²) in [6.07, 6.45) is 1.93. The highest BCUT2D eigenvalue weighted by molar-refractivity contribution is 5.94. The maximum absolute atomic E-state index is 12.4. The number of halogens is 2. The predicted molar refractivity (Wildman–Crippen MR) is 80.2 cm³/mol. The molecule has 1 N–H and O–H groups in total. The minimum atomic E-state index is -2.88. The summed E-state index contributed by atoms with van der Waals surface area (Å²) in [4.78, 5) is 14.2. The summed E-state index contributed by atoms with van der Waals surface area (Å²) in [7, 11) is 0. The number of alkyl halides is 2. The average molecular weight is 312 g/mol. The molecule has 122 valence electrons. The van der Waals surface area contributed by atoms with Crippen molar-refractivity contribution in [1.82, 2.24) is 10.2 Å². The van der Waals surface area contributed by atoms with Gasteiger partial charge in [-0.1, -0.05) is 13.0 Å². The van der Waals surface area contributed by atoms with Crippen molar-refractivity contribution in [3.05, 3.63) is 29.8 Å². The van der Waals surface area contributed by atoms with Gasteiger partial charge in [-0.15, -0.1) is 0 Å². The maximum Gasteiger partial charge on any atom is 0.387 e. The monoisotopic (exact) mass is 312 g/mol. The molecule has 0 bridgehead atoms. The molecule has 0 spiro atoms. The molecule has 6 heteroatoms. The quantitative estimate of drug-likeness (QED) is 0.878. The summed E-state index contributed by atoms with van der Waals surface area (Å²) in [6.45, 7) is 2.54. The Morgan fingerprint density at radius 3 is 2.77 bits per heavy atom. The fourth-order valence-electron chi connectivity index (χ4n) is 2.68. The average Bonchev–Trinajstić information content (AvgIpc) is 2.52. The van der Waals surface area contributed by atoms with E-state index in [9.17, 15) is 13.6 Å². The van der Waals surface area contributed by atoms with Crippen LogP contribution in [0.15, 0.2) is 24.3 Å². The third-order valence-electron chi connectivity index (χ3n) is 3.89. The highest BCUT2D eigenvalue weighted by Crippen LogP contribution is 2.21. The topological polar surface area (TPSA) is 41.6 Å². The molecule has 2 rings (SSSR count). The maximum atomic E-state index is 12.4. The molecular weight excluding hydrogens is 290 g/mol. The Morgan fingerprint density at radius 2 is 2.14 bits per heavy atom. The number of benzene rings is 1. The first-order valence-electron chi connectivity index (χ1n) is 7.65. The van der Waals surface area contributed by atoms with Crippen LogP contribution in [-0.4, -0.2) is 43.6 Å². The van der Waals surface area contributed by atoms with Crippen LogP contribution in [-0.2, 0) is 0 Å². The number of nitrogens with zero attached hydrogens (tertiary/aromatic N) is 1. The van der Waals surface area contributed by atoms with Crippen molar-refractivity contribution in [2.45, 2.75) is 26.4 Å². The van der Waals surface area contributed by atoms with Crippen molar-refractivity contribution in [3.63, 3.8) is 0 Å². The van der Waals surface area contributed by atoms with Gasteiger partial charge in [-0.3, -0.25) is 4.79 Å². The minimum Gasteiger partial charge on any atom is -0.435 e. The van der Waals surface area contributed by atoms with E-state index in [-0.39, 0.29) is 11.7 Å². The first-order chi connectivity index (χ1) is 10.6. The van der Waals surface area contributed by atoms with Crippen LogP contribution in [0.3, 0.4) is 0 Å². The second kappa shape index (κ2) is 8.08. The fraction of sp³-hybridized carbons (Fsp3) is 0.562. The van der Waals surface area contributed by atoms with Gasteiger partial charge in [0.1, 0.15) is 5.75 Å². The van der Waals surface area contributed by atoms with Gasteiger partial charge in [-0.2, -0.15) is 8.78 Å². The Bertz CT molecular complexity index is 489. The molecule has 22 heavy (non-hydrogen) atoms. The summed E-state index contributed by atoms with van der Waals surface area (Å²) in [5, 5.41) is 3.33. The number of likely N-dealkylation sites (tertiary alicyclic amines) is 1. The number of rotatable bonds is 6. The van der Waals surface area contributed by atoms with Gasteiger partial charge in [-0.25, -0.2) is 0 Å². The molecule has 1 aliphatic heterocycles. The van der Waals surface area contributed by atoms with Crippen molar-refractivity contribution < 1.29 is 18.3 Å². The lowest BCUT2D eigenvalue weighted by molar-refractivity contribution is -0.0499. The standard InChI is InChI=1S/C16H22F2N2O2/c1-2-19-11-12-6-8-20(9-7-12)15(21)13-4-3-5-14(10-13)22-16(17)18/h3-5,10,12,16,19H,2,6-9,11H2,1H3. The third-order valence-corrected chi connectivity index (χ3v) is 3.89. The summed E-state index contributed by atoms with van der Waals surface area (Å²) in [6, 6.07) is 5.99. The number of piperidine rings is 1. The molecule has 1 amide bonds. The predicted octanol–water partition coefficient (Wildman–Crippen LogP) is 2.75. The van der Waals surface area contributed by atoms with E-state index in [0.29, 0.717) is 24.6 Å². The van der Waals surface area contributed by atoms with Crippen LogP contribution < -0.4 is 10.1 Å². The van der Waals surface area contributed by atoms with Crippen molar-refractivity contribution in [2.24, 2.45) is 5.92 Å². The largest absolute Gasteiger partial charge is 0.435 e. The molecule has 1 fully saturated rings. The summed E-state index contributed by atoms with van der Waals surface area (Å²) in [5.41, 5.74) is 0.392. The van der Waals surface area contributed by atoms with Crippen LogP contribution in [0.1, 0.15) is 30.1 Å². The second-order valence-corrected chi connectivity index (χ2v) is 5.45. The smallest absolute Gasteiger partial charge is 0.387 e. The van der Waals surface area contributed by atoms with E-state index in [1.54, 1.807) is 17.0 Å². The molecule has 1 heterocycles. The van der Waals surface area contributed by atoms with Gasteiger partial charge in [0, 0.05) is 18.7 Å². The number of carbonyl (C=O) groups is 1. The van der Waals surface area contributed by atoms with E-state index in [0.717, 1.165) is 25.9 Å². The van der Waals surface area contributed by atoms with E-state index in [1.807, 2.05) is 0 Å². The van der Waals surface area contributed by atoms with Crippen molar-refractivity contribution in [2.75, 3.05) is 26.2 Å². The molecule has 1 aliphatic rings. The number of ether oxygens (including phenoxy) is 1. The van der Waals surface area contributed by atoms with Crippen molar-refractivity contribution in [3.8, 4) is 5.75 Å². The van der Waals surface area contributed by atoms with Crippen LogP contribution in [0.4, 0.5) is 8.78 Å². The molecule has 0 radical (unpaired) electrons. The Balaban J connectivity index is 1.92. The molecule has 1 aromatic rings. The summed E-state index contributed by atoms with van der Waals surface area (Å²) < 4.78 is 28.8. The number of amides is 1. The van der Waals surface area contributed by atoms with Gasteiger partial charge in [-0.05, 0) is 50.0 Å². The van der Waals surface area contributed by atoms with Gasteiger partial charge in [0.15, 0.2) is 0 Å². The number of carbonyl (C=O) groups excluding carboxylic acids is 1. The van der Waals surface area contributed by atoms with E-state index >= 15 is 0 Å². The van der Waals surface area contributed by atoms with E-state index in [2.05, 4.69) is 17.0 Å². The zero-order chi connectivity index (χ0) is 15.9. The Kier molecular flexibility index (Phi) is 6.12. The lowest BCUT2D eigenvalue weighted by Crippen LogP contribution is -2.40. The molecule has 1 saturated heterocycles. The van der Waals surface area contributed by atoms with Gasteiger partial charge in [0.25, 0.3) is 5.91 Å². The first-order valence-corrected chi connectivity index (χ1v) is 7.65. The van der Waals surface area contributed by atoms with Crippen LogP contribution in [0.5, 0.6) is 5.75 Å². The SMILES string of the molecule is CCNCC1CCN(C(=O)c2cccc(OC(F)F)c2)CC1. The molecular formula is C16H22F2N2O2. The molecule has 0 aromatic heterocycles. The van der Waals surface area contributed by atoms with Gasteiger partial charge in [0.05, 0.1) is 0 Å². The molecule has 0 saturated carbocycles. The lowest BCUT2D eigenvalue weighted by Gasteiger charge is -2.32. The van der Waals surface area contributed by atoms with Crippen molar-refractivity contribution >= 4 is 5.91 Å². The highest BCUT2D eigenvalue weighted by Gasteiger charge is 2.23.